The molecule has 2 atom stereocenters. The first kappa shape index (κ1) is 12.0. The normalized spacial score (nSPS) is 37.8. The van der Waals surface area contributed by atoms with Crippen molar-refractivity contribution in [2.24, 2.45) is 17.8 Å². The van der Waals surface area contributed by atoms with Gasteiger partial charge in [0.2, 0.25) is 11.8 Å². The predicted octanol–water partition coefficient (Wildman–Crippen LogP) is 1.16. The number of piperazine rings is 1. The molecule has 0 spiro atoms. The lowest BCUT2D eigenvalue weighted by molar-refractivity contribution is -0.150. The van der Waals surface area contributed by atoms with Crippen molar-refractivity contribution >= 4 is 11.8 Å². The summed E-state index contributed by atoms with van der Waals surface area (Å²) in [6.07, 6.45) is 4.97. The first-order valence-corrected chi connectivity index (χ1v) is 7.13. The Hall–Kier alpha value is -1.06. The highest BCUT2D eigenvalue weighted by atomic mass is 16.2. The van der Waals surface area contributed by atoms with Crippen LogP contribution in [0.15, 0.2) is 0 Å². The molecule has 1 N–H and O–H groups in total. The van der Waals surface area contributed by atoms with Crippen molar-refractivity contribution in [1.29, 1.82) is 0 Å². The first-order valence-electron chi connectivity index (χ1n) is 7.13. The van der Waals surface area contributed by atoms with Crippen molar-refractivity contribution < 1.29 is 9.59 Å². The lowest BCUT2D eigenvalue weighted by Crippen LogP contribution is -2.63. The molecule has 0 radical (unpaired) electrons. The minimum atomic E-state index is -0.679. The molecule has 0 aromatic carbocycles. The third-order valence-corrected chi connectivity index (χ3v) is 5.06. The molecule has 2 amide bonds. The first-order chi connectivity index (χ1) is 8.53. The van der Waals surface area contributed by atoms with Gasteiger partial charge in [-0.05, 0) is 38.5 Å². The fourth-order valence-electron chi connectivity index (χ4n) is 3.82. The van der Waals surface area contributed by atoms with Gasteiger partial charge in [0.1, 0.15) is 5.54 Å². The summed E-state index contributed by atoms with van der Waals surface area (Å²) < 4.78 is 0. The number of carbonyl (C=O) groups excluding carboxylic acids is 2. The predicted molar refractivity (Wildman–Crippen MR) is 67.7 cm³/mol. The van der Waals surface area contributed by atoms with Gasteiger partial charge in [0.15, 0.2) is 0 Å². The van der Waals surface area contributed by atoms with E-state index in [1.54, 1.807) is 0 Å². The second-order valence-corrected chi connectivity index (χ2v) is 6.44. The number of carbonyl (C=O) groups is 2. The Morgan fingerprint density at radius 2 is 1.89 bits per heavy atom. The quantitative estimate of drug-likeness (QED) is 0.759. The summed E-state index contributed by atoms with van der Waals surface area (Å²) in [6.45, 7) is 4.96. The van der Waals surface area contributed by atoms with Crippen LogP contribution in [-0.2, 0) is 9.59 Å². The second-order valence-electron chi connectivity index (χ2n) is 6.44. The van der Waals surface area contributed by atoms with Gasteiger partial charge in [-0.2, -0.15) is 0 Å². The van der Waals surface area contributed by atoms with Crippen molar-refractivity contribution in [2.75, 3.05) is 13.1 Å². The molecule has 0 aromatic rings. The van der Waals surface area contributed by atoms with Gasteiger partial charge in [0.25, 0.3) is 0 Å². The Bertz CT molecular complexity index is 379. The van der Waals surface area contributed by atoms with E-state index in [1.165, 1.54) is 25.7 Å². The molecule has 2 saturated carbocycles. The number of nitrogens with one attached hydrogen (secondary N) is 1. The third kappa shape index (κ3) is 1.65. The monoisotopic (exact) mass is 250 g/mol. The zero-order valence-electron chi connectivity index (χ0n) is 11.2. The van der Waals surface area contributed by atoms with Crippen molar-refractivity contribution in [1.82, 2.24) is 10.2 Å². The molecule has 3 aliphatic rings. The molecule has 2 unspecified atom stereocenters. The molecule has 3 rings (SSSR count). The van der Waals surface area contributed by atoms with Crippen LogP contribution in [0.25, 0.3) is 0 Å². The fourth-order valence-corrected chi connectivity index (χ4v) is 3.82. The lowest BCUT2D eigenvalue weighted by atomic mass is 9.98. The Balaban J connectivity index is 1.74. The Morgan fingerprint density at radius 1 is 1.28 bits per heavy atom. The zero-order chi connectivity index (χ0) is 12.9. The van der Waals surface area contributed by atoms with Crippen molar-refractivity contribution in [3.05, 3.63) is 0 Å². The Morgan fingerprint density at radius 3 is 2.50 bits per heavy atom. The van der Waals surface area contributed by atoms with E-state index in [2.05, 4.69) is 5.32 Å². The van der Waals surface area contributed by atoms with Gasteiger partial charge in [0.05, 0.1) is 0 Å². The SMILES string of the molecule is CC1(C)C(=O)NCCN1C(=O)C1C2CCCCC21. The Kier molecular flexibility index (Phi) is 2.65. The molecule has 0 bridgehead atoms. The molecule has 3 fully saturated rings. The van der Waals surface area contributed by atoms with Gasteiger partial charge in [-0.15, -0.1) is 0 Å². The van der Waals surface area contributed by atoms with Crippen LogP contribution >= 0.6 is 0 Å². The highest BCUT2D eigenvalue weighted by molar-refractivity contribution is 5.93. The molecule has 4 nitrogen and oxygen atoms in total. The van der Waals surface area contributed by atoms with Crippen LogP contribution in [-0.4, -0.2) is 35.3 Å². The van der Waals surface area contributed by atoms with E-state index in [0.717, 1.165) is 0 Å². The summed E-state index contributed by atoms with van der Waals surface area (Å²) in [6, 6.07) is 0. The number of rotatable bonds is 1. The summed E-state index contributed by atoms with van der Waals surface area (Å²) in [5.74, 6) is 1.66. The summed E-state index contributed by atoms with van der Waals surface area (Å²) in [5.41, 5.74) is -0.679. The third-order valence-electron chi connectivity index (χ3n) is 5.06. The number of hydrogen-bond donors (Lipinski definition) is 1. The number of fused-ring (bicyclic) bond motifs is 1. The maximum atomic E-state index is 12.6. The summed E-state index contributed by atoms with van der Waals surface area (Å²) >= 11 is 0. The van der Waals surface area contributed by atoms with Crippen LogP contribution in [0.1, 0.15) is 39.5 Å². The molecule has 100 valence electrons. The number of amides is 2. The largest absolute Gasteiger partial charge is 0.352 e. The van der Waals surface area contributed by atoms with E-state index in [-0.39, 0.29) is 17.7 Å². The lowest BCUT2D eigenvalue weighted by Gasteiger charge is -2.41. The average Bonchev–Trinajstić information content (AvgIpc) is 3.06. The fraction of sp³-hybridized carbons (Fsp3) is 0.857. The van der Waals surface area contributed by atoms with Crippen LogP contribution < -0.4 is 5.32 Å². The van der Waals surface area contributed by atoms with Crippen LogP contribution in [0.2, 0.25) is 0 Å². The minimum absolute atomic E-state index is 0.0225. The van der Waals surface area contributed by atoms with Gasteiger partial charge < -0.3 is 10.2 Å². The highest BCUT2D eigenvalue weighted by Crippen LogP contribution is 2.56. The van der Waals surface area contributed by atoms with Crippen molar-refractivity contribution in [3.8, 4) is 0 Å². The zero-order valence-corrected chi connectivity index (χ0v) is 11.2. The van der Waals surface area contributed by atoms with Gasteiger partial charge >= 0.3 is 0 Å². The summed E-state index contributed by atoms with van der Waals surface area (Å²) in [7, 11) is 0. The van der Waals surface area contributed by atoms with Gasteiger partial charge in [-0.25, -0.2) is 0 Å². The number of nitrogens with zero attached hydrogens (tertiary/aromatic N) is 1. The summed E-state index contributed by atoms with van der Waals surface area (Å²) in [4.78, 5) is 26.3. The molecule has 0 aromatic heterocycles. The molecule has 18 heavy (non-hydrogen) atoms. The van der Waals surface area contributed by atoms with Gasteiger partial charge in [-0.3, -0.25) is 9.59 Å². The molecular weight excluding hydrogens is 228 g/mol. The maximum Gasteiger partial charge on any atom is 0.245 e. The topological polar surface area (TPSA) is 49.4 Å². The van der Waals surface area contributed by atoms with Crippen LogP contribution in [0.5, 0.6) is 0 Å². The van der Waals surface area contributed by atoms with E-state index in [0.29, 0.717) is 24.9 Å². The van der Waals surface area contributed by atoms with Gasteiger partial charge in [-0.1, -0.05) is 12.8 Å². The average molecular weight is 250 g/mol. The van der Waals surface area contributed by atoms with Crippen LogP contribution in [0, 0.1) is 17.8 Å². The van der Waals surface area contributed by atoms with E-state index >= 15 is 0 Å². The highest BCUT2D eigenvalue weighted by Gasteiger charge is 2.57. The molecule has 2 aliphatic carbocycles. The standard InChI is InChI=1S/C14H22N2O2/c1-14(2)13(18)15-7-8-16(14)12(17)11-9-5-3-4-6-10(9)11/h9-11H,3-8H2,1-2H3,(H,15,18). The summed E-state index contributed by atoms with van der Waals surface area (Å²) in [5, 5.41) is 2.85. The molecule has 1 aliphatic heterocycles. The van der Waals surface area contributed by atoms with Crippen LogP contribution in [0.4, 0.5) is 0 Å². The molecule has 1 heterocycles. The minimum Gasteiger partial charge on any atom is -0.352 e. The van der Waals surface area contributed by atoms with Crippen molar-refractivity contribution in [3.63, 3.8) is 0 Å². The second kappa shape index (κ2) is 3.97. The molecule has 4 heteroatoms. The van der Waals surface area contributed by atoms with E-state index in [1.807, 2.05) is 18.7 Å². The smallest absolute Gasteiger partial charge is 0.245 e. The van der Waals surface area contributed by atoms with E-state index in [9.17, 15) is 9.59 Å². The van der Waals surface area contributed by atoms with Crippen molar-refractivity contribution in [2.45, 2.75) is 45.1 Å². The molecular formula is C14H22N2O2. The van der Waals surface area contributed by atoms with E-state index < -0.39 is 5.54 Å². The maximum absolute atomic E-state index is 12.6. The van der Waals surface area contributed by atoms with Gasteiger partial charge in [0, 0.05) is 19.0 Å². The number of hydrogen-bond acceptors (Lipinski definition) is 2. The molecule has 1 saturated heterocycles. The Labute approximate surface area is 108 Å². The van der Waals surface area contributed by atoms with Crippen LogP contribution in [0.3, 0.4) is 0 Å². The van der Waals surface area contributed by atoms with E-state index in [4.69, 9.17) is 0 Å².